The minimum Gasteiger partial charge on any atom is -0.336 e. The normalized spacial score (nSPS) is 14.9. The van der Waals surface area contributed by atoms with Crippen molar-refractivity contribution in [2.75, 3.05) is 26.2 Å². The Morgan fingerprint density at radius 3 is 2.03 bits per heavy atom. The number of hydrogen-bond donors (Lipinski definition) is 0. The molecule has 1 saturated heterocycles. The van der Waals surface area contributed by atoms with Gasteiger partial charge in [-0.3, -0.25) is 9.69 Å². The summed E-state index contributed by atoms with van der Waals surface area (Å²) in [5, 5.41) is 4.94. The van der Waals surface area contributed by atoms with Gasteiger partial charge in [0, 0.05) is 32.7 Å². The van der Waals surface area contributed by atoms with Crippen LogP contribution in [0.2, 0.25) is 5.15 Å². The van der Waals surface area contributed by atoms with Gasteiger partial charge < -0.3 is 4.90 Å². The van der Waals surface area contributed by atoms with Crippen LogP contribution in [-0.2, 0) is 13.1 Å². The summed E-state index contributed by atoms with van der Waals surface area (Å²) in [6, 6.07) is 20.4. The first-order chi connectivity index (χ1) is 14.1. The number of aryl methyl sites for hydroxylation is 1. The van der Waals surface area contributed by atoms with Gasteiger partial charge in [-0.2, -0.15) is 5.10 Å². The highest BCUT2D eigenvalue weighted by atomic mass is 35.5. The van der Waals surface area contributed by atoms with E-state index in [4.69, 9.17) is 11.6 Å². The van der Waals surface area contributed by atoms with E-state index in [9.17, 15) is 4.79 Å². The van der Waals surface area contributed by atoms with Gasteiger partial charge in [-0.25, -0.2) is 4.68 Å². The van der Waals surface area contributed by atoms with E-state index in [1.54, 1.807) is 4.68 Å². The monoisotopic (exact) mass is 408 g/mol. The van der Waals surface area contributed by atoms with E-state index in [-0.39, 0.29) is 5.91 Å². The number of rotatable bonds is 5. The maximum atomic E-state index is 13.1. The summed E-state index contributed by atoms with van der Waals surface area (Å²) in [5.74, 6) is -0.0221. The molecule has 2 aromatic carbocycles. The maximum Gasteiger partial charge on any atom is 0.258 e. The number of benzene rings is 2. The van der Waals surface area contributed by atoms with Crippen molar-refractivity contribution in [1.29, 1.82) is 0 Å². The van der Waals surface area contributed by atoms with Gasteiger partial charge in [0.25, 0.3) is 5.91 Å². The van der Waals surface area contributed by atoms with E-state index >= 15 is 0 Å². The van der Waals surface area contributed by atoms with Crippen molar-refractivity contribution >= 4 is 17.5 Å². The second kappa shape index (κ2) is 8.80. The fourth-order valence-corrected chi connectivity index (χ4v) is 4.08. The van der Waals surface area contributed by atoms with Gasteiger partial charge in [-0.05, 0) is 18.1 Å². The van der Waals surface area contributed by atoms with Crippen molar-refractivity contribution in [2.45, 2.75) is 20.0 Å². The van der Waals surface area contributed by atoms with Crippen LogP contribution in [0.3, 0.4) is 0 Å². The Bertz CT molecular complexity index is 963. The molecule has 1 fully saturated rings. The Kier molecular flexibility index (Phi) is 5.97. The van der Waals surface area contributed by atoms with E-state index in [2.05, 4.69) is 34.3 Å². The van der Waals surface area contributed by atoms with E-state index in [0.29, 0.717) is 36.0 Å². The first-order valence-electron chi connectivity index (χ1n) is 9.94. The summed E-state index contributed by atoms with van der Waals surface area (Å²) in [6.45, 7) is 6.43. The Hall–Kier alpha value is -2.63. The summed E-state index contributed by atoms with van der Waals surface area (Å²) in [7, 11) is 0. The number of aromatic nitrogens is 2. The van der Waals surface area contributed by atoms with Gasteiger partial charge in [0.1, 0.15) is 5.15 Å². The Balaban J connectivity index is 1.41. The van der Waals surface area contributed by atoms with Crippen LogP contribution in [0.4, 0.5) is 0 Å². The van der Waals surface area contributed by atoms with Crippen LogP contribution in [0.25, 0.3) is 0 Å². The molecule has 1 aromatic heterocycles. The molecule has 150 valence electrons. The second-order valence-corrected chi connectivity index (χ2v) is 7.81. The quantitative estimate of drug-likeness (QED) is 0.643. The number of carbonyl (C=O) groups is 1. The van der Waals surface area contributed by atoms with Crippen molar-refractivity contribution in [3.63, 3.8) is 0 Å². The SMILES string of the molecule is Cc1nn(Cc2ccccc2)c(Cl)c1C(=O)N1CCN(Cc2ccccc2)CC1. The van der Waals surface area contributed by atoms with Gasteiger partial charge in [0.2, 0.25) is 0 Å². The van der Waals surface area contributed by atoms with Crippen LogP contribution < -0.4 is 0 Å². The van der Waals surface area contributed by atoms with Crippen molar-refractivity contribution in [1.82, 2.24) is 19.6 Å². The lowest BCUT2D eigenvalue weighted by Gasteiger charge is -2.34. The molecule has 0 N–H and O–H groups in total. The molecule has 0 saturated carbocycles. The lowest BCUT2D eigenvalue weighted by molar-refractivity contribution is 0.0628. The van der Waals surface area contributed by atoms with Crippen LogP contribution in [0.15, 0.2) is 60.7 Å². The minimum absolute atomic E-state index is 0.0221. The zero-order chi connectivity index (χ0) is 20.2. The second-order valence-electron chi connectivity index (χ2n) is 7.45. The molecule has 6 heteroatoms. The zero-order valence-corrected chi connectivity index (χ0v) is 17.3. The molecule has 0 radical (unpaired) electrons. The Morgan fingerprint density at radius 2 is 1.45 bits per heavy atom. The van der Waals surface area contributed by atoms with Gasteiger partial charge in [0.15, 0.2) is 0 Å². The summed E-state index contributed by atoms with van der Waals surface area (Å²) < 4.78 is 1.71. The van der Waals surface area contributed by atoms with Crippen molar-refractivity contribution in [2.24, 2.45) is 0 Å². The molecule has 0 bridgehead atoms. The summed E-state index contributed by atoms with van der Waals surface area (Å²) in [6.07, 6.45) is 0. The number of carbonyl (C=O) groups excluding carboxylic acids is 1. The molecular weight excluding hydrogens is 384 g/mol. The van der Waals surface area contributed by atoms with E-state index < -0.39 is 0 Å². The average Bonchev–Trinajstić information content (AvgIpc) is 3.02. The largest absolute Gasteiger partial charge is 0.336 e. The molecule has 0 spiro atoms. The molecule has 3 aromatic rings. The Morgan fingerprint density at radius 1 is 0.897 bits per heavy atom. The number of hydrogen-bond acceptors (Lipinski definition) is 3. The zero-order valence-electron chi connectivity index (χ0n) is 16.6. The molecule has 29 heavy (non-hydrogen) atoms. The van der Waals surface area contributed by atoms with E-state index in [1.807, 2.05) is 48.2 Å². The van der Waals surface area contributed by atoms with Crippen molar-refractivity contribution in [3.8, 4) is 0 Å². The van der Waals surface area contributed by atoms with Crippen LogP contribution >= 0.6 is 11.6 Å². The topological polar surface area (TPSA) is 41.4 Å². The van der Waals surface area contributed by atoms with Gasteiger partial charge >= 0.3 is 0 Å². The van der Waals surface area contributed by atoms with Gasteiger partial charge in [-0.15, -0.1) is 0 Å². The highest BCUT2D eigenvalue weighted by Gasteiger charge is 2.27. The third kappa shape index (κ3) is 4.52. The molecule has 0 unspecified atom stereocenters. The maximum absolute atomic E-state index is 13.1. The molecule has 1 amide bonds. The van der Waals surface area contributed by atoms with Gasteiger partial charge in [0.05, 0.1) is 17.8 Å². The number of piperazine rings is 1. The predicted molar refractivity (Wildman–Crippen MR) is 115 cm³/mol. The molecule has 2 heterocycles. The molecule has 4 rings (SSSR count). The fourth-order valence-electron chi connectivity index (χ4n) is 3.77. The predicted octanol–water partition coefficient (Wildman–Crippen LogP) is 3.85. The van der Waals surface area contributed by atoms with E-state index in [0.717, 1.165) is 25.2 Å². The van der Waals surface area contributed by atoms with E-state index in [1.165, 1.54) is 5.56 Å². The lowest BCUT2D eigenvalue weighted by Crippen LogP contribution is -2.48. The third-order valence-electron chi connectivity index (χ3n) is 5.36. The average molecular weight is 409 g/mol. The highest BCUT2D eigenvalue weighted by molar-refractivity contribution is 6.33. The molecule has 0 atom stereocenters. The summed E-state index contributed by atoms with van der Waals surface area (Å²) in [5.41, 5.74) is 3.61. The standard InChI is InChI=1S/C23H25ClN4O/c1-18-21(22(24)28(25-18)17-20-10-6-3-7-11-20)23(29)27-14-12-26(13-15-27)16-19-8-4-2-5-9-19/h2-11H,12-17H2,1H3. The summed E-state index contributed by atoms with van der Waals surface area (Å²) >= 11 is 6.57. The third-order valence-corrected chi connectivity index (χ3v) is 5.75. The molecular formula is C23H25ClN4O. The number of nitrogens with zero attached hydrogens (tertiary/aromatic N) is 4. The molecule has 5 nitrogen and oxygen atoms in total. The van der Waals surface area contributed by atoms with Crippen LogP contribution in [0.1, 0.15) is 27.2 Å². The first kappa shape index (κ1) is 19.7. The van der Waals surface area contributed by atoms with Crippen LogP contribution in [0, 0.1) is 6.92 Å². The first-order valence-corrected chi connectivity index (χ1v) is 10.3. The van der Waals surface area contributed by atoms with Crippen molar-refractivity contribution < 1.29 is 4.79 Å². The summed E-state index contributed by atoms with van der Waals surface area (Å²) in [4.78, 5) is 17.4. The van der Waals surface area contributed by atoms with Crippen LogP contribution in [0.5, 0.6) is 0 Å². The molecule has 0 aliphatic carbocycles. The molecule has 1 aliphatic rings. The Labute approximate surface area is 176 Å². The molecule has 1 aliphatic heterocycles. The lowest BCUT2D eigenvalue weighted by atomic mass is 10.1. The van der Waals surface area contributed by atoms with Crippen molar-refractivity contribution in [3.05, 3.63) is 88.2 Å². The highest BCUT2D eigenvalue weighted by Crippen LogP contribution is 2.23. The van der Waals surface area contributed by atoms with Crippen LogP contribution in [-0.4, -0.2) is 51.7 Å². The smallest absolute Gasteiger partial charge is 0.258 e. The number of halogens is 1. The fraction of sp³-hybridized carbons (Fsp3) is 0.304. The minimum atomic E-state index is -0.0221. The number of amides is 1. The van der Waals surface area contributed by atoms with Gasteiger partial charge in [-0.1, -0.05) is 72.3 Å².